The molecule has 0 aliphatic carbocycles. The molecular weight excluding hydrogens is 869 g/mol. The summed E-state index contributed by atoms with van der Waals surface area (Å²) in [6, 6.07) is 16.2. The minimum Gasteiger partial charge on any atom is -0.519 e. The standard InChI is InChI=1S/C13H16F3NO2.C12H16BrNO2.C12H17NO2.C10H11NO/c1-7(2)8-5-6-9(13(14,15)16)10(11(8)18)12(19)17(3)4;1-7(2)8-5-6-9(13)10(11(8)15)12(16)14(3)4;1-8(2)9-6-5-7-10(11(9)14)12(15)13(3)4;1-7(2)8-5-4-6-9(11-3)10(8)12/h5-7,18H,1-4H3;5-7,15H,1-4H3;5-8,14H,1-4H3;4-7,12H,1-2H3. The lowest BCUT2D eigenvalue weighted by Gasteiger charge is -2.20. The summed E-state index contributed by atoms with van der Waals surface area (Å²) in [4.78, 5) is 42.6. The Kier molecular flexibility index (Phi) is 20.5. The Morgan fingerprint density at radius 1 is 0.548 bits per heavy atom. The average molecular weight is 930 g/mol. The maximum atomic E-state index is 12.9. The Balaban J connectivity index is 0.000000418. The van der Waals surface area contributed by atoms with E-state index in [4.69, 9.17) is 6.57 Å². The fourth-order valence-corrected chi connectivity index (χ4v) is 6.26. The summed E-state index contributed by atoms with van der Waals surface area (Å²) in [6.45, 7) is 22.1. The predicted octanol–water partition coefficient (Wildman–Crippen LogP) is 11.5. The van der Waals surface area contributed by atoms with Crippen molar-refractivity contribution in [1.82, 2.24) is 14.7 Å². The van der Waals surface area contributed by atoms with Crippen LogP contribution in [0.25, 0.3) is 4.85 Å². The van der Waals surface area contributed by atoms with E-state index in [9.17, 15) is 48.0 Å². The number of halogens is 4. The highest BCUT2D eigenvalue weighted by Gasteiger charge is 2.38. The predicted molar refractivity (Wildman–Crippen MR) is 242 cm³/mol. The number of aromatic hydroxyl groups is 4. The molecule has 4 aromatic carbocycles. The molecule has 0 aliphatic heterocycles. The number of hydrogen-bond donors (Lipinski definition) is 4. The fraction of sp³-hybridized carbons (Fsp3) is 0.404. The Bertz CT molecular complexity index is 2230. The normalized spacial score (nSPS) is 10.8. The molecule has 0 aromatic heterocycles. The molecular formula is C47H60BrF3N4O7. The second-order valence-electron chi connectivity index (χ2n) is 16.1. The van der Waals surface area contributed by atoms with Crippen LogP contribution in [0.2, 0.25) is 0 Å². The second-order valence-corrected chi connectivity index (χ2v) is 16.9. The highest BCUT2D eigenvalue weighted by Crippen LogP contribution is 2.40. The zero-order chi connectivity index (χ0) is 48.1. The van der Waals surface area contributed by atoms with Gasteiger partial charge >= 0.3 is 6.18 Å². The lowest BCUT2D eigenvalue weighted by atomic mass is 9.94. The van der Waals surface area contributed by atoms with Gasteiger partial charge in [0.25, 0.3) is 17.7 Å². The summed E-state index contributed by atoms with van der Waals surface area (Å²) in [6.07, 6.45) is -4.69. The van der Waals surface area contributed by atoms with Gasteiger partial charge in [-0.2, -0.15) is 13.2 Å². The quantitative estimate of drug-likeness (QED) is 0.135. The SMILES string of the molecule is CC(C)c1ccc(Br)c(C(=O)N(C)C)c1O.CC(C)c1ccc(C(F)(F)F)c(C(=O)N(C)C)c1O.CC(C)c1cccc(C(=O)N(C)C)c1O.[C-]#[N+]c1cccc(C(C)C)c1O. The first kappa shape index (κ1) is 54.3. The average Bonchev–Trinajstić information content (AvgIpc) is 3.17. The van der Waals surface area contributed by atoms with Crippen molar-refractivity contribution in [1.29, 1.82) is 0 Å². The van der Waals surface area contributed by atoms with Crippen LogP contribution < -0.4 is 0 Å². The van der Waals surface area contributed by atoms with Gasteiger partial charge in [0, 0.05) is 46.8 Å². The number of amides is 3. The van der Waals surface area contributed by atoms with E-state index in [0.717, 1.165) is 27.7 Å². The summed E-state index contributed by atoms with van der Waals surface area (Å²) < 4.78 is 39.3. The van der Waals surface area contributed by atoms with E-state index in [1.165, 1.54) is 30.0 Å². The lowest BCUT2D eigenvalue weighted by Crippen LogP contribution is -2.25. The van der Waals surface area contributed by atoms with Crippen molar-refractivity contribution in [2.45, 2.75) is 85.2 Å². The van der Waals surface area contributed by atoms with Crippen molar-refractivity contribution >= 4 is 39.3 Å². The van der Waals surface area contributed by atoms with Crippen LogP contribution in [-0.2, 0) is 6.18 Å². The van der Waals surface area contributed by atoms with Crippen LogP contribution in [0.1, 0.15) is 138 Å². The molecule has 0 aliphatic rings. The lowest BCUT2D eigenvalue weighted by molar-refractivity contribution is -0.138. The van der Waals surface area contributed by atoms with Gasteiger partial charge in [-0.15, -0.1) is 0 Å². The Hall–Kier alpha value is -5.75. The minimum absolute atomic E-state index is 0.0723. The topological polar surface area (TPSA) is 146 Å². The summed E-state index contributed by atoms with van der Waals surface area (Å²) in [5.74, 6) is -1.07. The number of nitrogens with zero attached hydrogens (tertiary/aromatic N) is 4. The van der Waals surface area contributed by atoms with Crippen molar-refractivity contribution in [3.05, 3.63) is 121 Å². The van der Waals surface area contributed by atoms with E-state index in [-0.39, 0.29) is 52.7 Å². The largest absolute Gasteiger partial charge is 0.519 e. The molecule has 0 atom stereocenters. The van der Waals surface area contributed by atoms with Gasteiger partial charge in [0.1, 0.15) is 23.0 Å². The molecule has 338 valence electrons. The third-order valence-electron chi connectivity index (χ3n) is 9.27. The van der Waals surface area contributed by atoms with Crippen molar-refractivity contribution in [2.24, 2.45) is 0 Å². The van der Waals surface area contributed by atoms with Crippen molar-refractivity contribution in [3.8, 4) is 23.0 Å². The zero-order valence-corrected chi connectivity index (χ0v) is 39.5. The molecule has 4 N–H and O–H groups in total. The molecule has 4 rings (SSSR count). The molecule has 0 heterocycles. The summed E-state index contributed by atoms with van der Waals surface area (Å²) in [7, 11) is 9.34. The van der Waals surface area contributed by atoms with Crippen molar-refractivity contribution in [2.75, 3.05) is 42.3 Å². The number of benzene rings is 4. The van der Waals surface area contributed by atoms with E-state index < -0.39 is 29.0 Å². The Morgan fingerprint density at radius 2 is 0.919 bits per heavy atom. The van der Waals surface area contributed by atoms with Gasteiger partial charge in [-0.3, -0.25) is 14.4 Å². The summed E-state index contributed by atoms with van der Waals surface area (Å²) in [5, 5.41) is 39.5. The van der Waals surface area contributed by atoms with Crippen LogP contribution in [0, 0.1) is 6.57 Å². The zero-order valence-electron chi connectivity index (χ0n) is 37.9. The maximum absolute atomic E-state index is 12.9. The Labute approximate surface area is 372 Å². The summed E-state index contributed by atoms with van der Waals surface area (Å²) in [5.41, 5.74) is 1.97. The van der Waals surface area contributed by atoms with Crippen LogP contribution in [0.15, 0.2) is 65.1 Å². The number of para-hydroxylation sites is 2. The van der Waals surface area contributed by atoms with E-state index in [1.807, 2.05) is 59.7 Å². The van der Waals surface area contributed by atoms with E-state index in [0.29, 0.717) is 26.9 Å². The van der Waals surface area contributed by atoms with Crippen LogP contribution >= 0.6 is 15.9 Å². The Morgan fingerprint density at radius 3 is 1.32 bits per heavy atom. The molecule has 0 spiro atoms. The van der Waals surface area contributed by atoms with Gasteiger partial charge in [-0.1, -0.05) is 97.9 Å². The van der Waals surface area contributed by atoms with E-state index in [2.05, 4.69) is 20.8 Å². The van der Waals surface area contributed by atoms with Gasteiger partial charge < -0.3 is 35.1 Å². The number of hydrogen-bond acceptors (Lipinski definition) is 7. The first-order chi connectivity index (χ1) is 28.5. The molecule has 4 aromatic rings. The van der Waals surface area contributed by atoms with Crippen LogP contribution in [0.5, 0.6) is 23.0 Å². The third kappa shape index (κ3) is 14.2. The van der Waals surface area contributed by atoms with E-state index >= 15 is 0 Å². The first-order valence-corrected chi connectivity index (χ1v) is 20.4. The minimum atomic E-state index is -4.69. The fourth-order valence-electron chi connectivity index (χ4n) is 5.77. The molecule has 11 nitrogen and oxygen atoms in total. The first-order valence-electron chi connectivity index (χ1n) is 19.6. The van der Waals surface area contributed by atoms with Gasteiger partial charge in [0.2, 0.25) is 5.69 Å². The van der Waals surface area contributed by atoms with E-state index in [1.54, 1.807) is 72.4 Å². The maximum Gasteiger partial charge on any atom is 0.417 e. The van der Waals surface area contributed by atoms with Crippen LogP contribution in [0.3, 0.4) is 0 Å². The van der Waals surface area contributed by atoms with Gasteiger partial charge in [0.15, 0.2) is 0 Å². The number of carbonyl (C=O) groups excluding carboxylic acids is 3. The van der Waals surface area contributed by atoms with Crippen molar-refractivity contribution < 1.29 is 48.0 Å². The highest BCUT2D eigenvalue weighted by molar-refractivity contribution is 9.10. The highest BCUT2D eigenvalue weighted by atomic mass is 79.9. The third-order valence-corrected chi connectivity index (χ3v) is 9.93. The van der Waals surface area contributed by atoms with Crippen molar-refractivity contribution in [3.63, 3.8) is 0 Å². The molecule has 0 radical (unpaired) electrons. The second kappa shape index (κ2) is 23.5. The number of alkyl halides is 3. The van der Waals surface area contributed by atoms with Gasteiger partial charge in [0.05, 0.1) is 28.8 Å². The molecule has 0 fully saturated rings. The molecule has 0 saturated heterocycles. The molecule has 62 heavy (non-hydrogen) atoms. The molecule has 0 unspecified atom stereocenters. The smallest absolute Gasteiger partial charge is 0.417 e. The molecule has 0 bridgehead atoms. The number of phenolic OH excluding ortho intramolecular Hbond substituents is 4. The van der Waals surface area contributed by atoms with Crippen LogP contribution in [-0.4, -0.2) is 95.1 Å². The summed E-state index contributed by atoms with van der Waals surface area (Å²) >= 11 is 3.29. The van der Waals surface area contributed by atoms with Gasteiger partial charge in [-0.25, -0.2) is 4.85 Å². The number of carbonyl (C=O) groups is 3. The number of rotatable bonds is 7. The van der Waals surface area contributed by atoms with Crippen LogP contribution in [0.4, 0.5) is 18.9 Å². The molecule has 3 amide bonds. The number of phenols is 4. The molecule has 0 saturated carbocycles. The monoisotopic (exact) mass is 928 g/mol. The molecule has 15 heteroatoms. The van der Waals surface area contributed by atoms with Gasteiger partial charge in [-0.05, 0) is 80.1 Å².